The molecule has 8 rings (SSSR count). The number of unbranched alkanes of at least 4 members (excludes halogenated alkanes) is 3. The number of benzene rings is 1. The van der Waals surface area contributed by atoms with Gasteiger partial charge in [0.1, 0.15) is 11.9 Å². The van der Waals surface area contributed by atoms with Gasteiger partial charge in [-0.05, 0) is 160 Å². The number of hydrogen-bond donors (Lipinski definition) is 1. The van der Waals surface area contributed by atoms with Crippen LogP contribution in [0.25, 0.3) is 0 Å². The molecule has 7 aliphatic carbocycles. The molecule has 1 aromatic carbocycles. The molecule has 11 atom stereocenters. The molecule has 0 aromatic heterocycles. The van der Waals surface area contributed by atoms with Gasteiger partial charge in [-0.1, -0.05) is 58.1 Å². The van der Waals surface area contributed by atoms with E-state index < -0.39 is 5.60 Å². The number of carbonyl (C=O) groups is 1. The minimum absolute atomic E-state index is 0.0884. The van der Waals surface area contributed by atoms with E-state index in [2.05, 4.69) is 44.9 Å². The Morgan fingerprint density at radius 2 is 1.80 bits per heavy atom. The minimum Gasteiger partial charge on any atom is -0.508 e. The van der Waals surface area contributed by atoms with Gasteiger partial charge in [0.15, 0.2) is 5.60 Å². The van der Waals surface area contributed by atoms with Crippen molar-refractivity contribution in [3.63, 3.8) is 0 Å². The monoisotopic (exact) mass is 664 g/mol. The molecule has 264 valence electrons. The van der Waals surface area contributed by atoms with Crippen molar-refractivity contribution in [3.05, 3.63) is 52.8 Å². The Morgan fingerprint density at radius 3 is 2.63 bits per heavy atom. The summed E-state index contributed by atoms with van der Waals surface area (Å²) in [6.07, 6.45) is 31.2. The zero-order chi connectivity index (χ0) is 34.0. The van der Waals surface area contributed by atoms with Crippen LogP contribution in [0.1, 0.15) is 147 Å². The molecular formula is C45H60O4. The standard InChI is InChI=1S/C45H60O4/c1-5-7-8-9-10-42(47)49-45(6-2)26-23-40-38-16-12-30-28-32(14-18-34(30)36(38)22-25-44(40,45)4)48-41-20-19-39-37-15-11-29-27-31(46)13-17-33(29)35(37)21-24-43(39,41)3/h2,12-13,17,27-28,34-41,46H,5,7-11,14-16,18-26H2,1,3-4H3/t34-,35+,36+,37+,38+,39-,40-,41-,43-,44-,45-/m0/s1. The second-order valence-corrected chi connectivity index (χ2v) is 17.9. The largest absolute Gasteiger partial charge is 0.508 e. The van der Waals surface area contributed by atoms with Crippen LogP contribution < -0.4 is 0 Å². The minimum atomic E-state index is -0.750. The molecule has 0 spiro atoms. The van der Waals surface area contributed by atoms with Crippen molar-refractivity contribution in [2.24, 2.45) is 46.3 Å². The zero-order valence-corrected chi connectivity index (χ0v) is 30.5. The number of hydrogen-bond acceptors (Lipinski definition) is 4. The number of phenols is 1. The summed E-state index contributed by atoms with van der Waals surface area (Å²) < 4.78 is 13.4. The summed E-state index contributed by atoms with van der Waals surface area (Å²) in [7, 11) is 0. The molecule has 1 aromatic rings. The van der Waals surface area contributed by atoms with Gasteiger partial charge in [-0.3, -0.25) is 4.79 Å². The summed E-state index contributed by atoms with van der Waals surface area (Å²) in [6, 6.07) is 6.14. The van der Waals surface area contributed by atoms with Crippen molar-refractivity contribution >= 4 is 5.97 Å². The Bertz CT molecular complexity index is 1550. The predicted octanol–water partition coefficient (Wildman–Crippen LogP) is 10.6. The van der Waals surface area contributed by atoms with Crippen molar-refractivity contribution in [3.8, 4) is 18.1 Å². The zero-order valence-electron chi connectivity index (χ0n) is 30.5. The van der Waals surface area contributed by atoms with E-state index in [0.29, 0.717) is 47.9 Å². The molecule has 4 nitrogen and oxygen atoms in total. The lowest BCUT2D eigenvalue weighted by molar-refractivity contribution is -0.170. The first kappa shape index (κ1) is 33.5. The molecule has 0 saturated heterocycles. The van der Waals surface area contributed by atoms with Gasteiger partial charge in [0, 0.05) is 23.7 Å². The van der Waals surface area contributed by atoms with E-state index in [0.717, 1.165) is 63.2 Å². The number of rotatable bonds is 8. The summed E-state index contributed by atoms with van der Waals surface area (Å²) in [6.45, 7) is 7.11. The van der Waals surface area contributed by atoms with Gasteiger partial charge in [-0.25, -0.2) is 0 Å². The third-order valence-electron chi connectivity index (χ3n) is 15.9. The molecule has 0 aliphatic heterocycles. The van der Waals surface area contributed by atoms with Gasteiger partial charge in [-0.15, -0.1) is 6.42 Å². The highest BCUT2D eigenvalue weighted by molar-refractivity contribution is 5.70. The van der Waals surface area contributed by atoms with Crippen molar-refractivity contribution < 1.29 is 19.4 Å². The van der Waals surface area contributed by atoms with E-state index in [-0.39, 0.29) is 16.8 Å². The molecule has 49 heavy (non-hydrogen) atoms. The molecular weight excluding hydrogens is 604 g/mol. The molecule has 4 heteroatoms. The normalized spacial score (nSPS) is 41.8. The summed E-state index contributed by atoms with van der Waals surface area (Å²) in [5.41, 5.74) is 3.78. The maximum absolute atomic E-state index is 13.0. The van der Waals surface area contributed by atoms with E-state index in [9.17, 15) is 9.90 Å². The van der Waals surface area contributed by atoms with Crippen LogP contribution in [0, 0.1) is 58.7 Å². The molecule has 4 fully saturated rings. The first-order valence-electron chi connectivity index (χ1n) is 20.3. The topological polar surface area (TPSA) is 55.8 Å². The Morgan fingerprint density at radius 1 is 0.918 bits per heavy atom. The molecule has 1 N–H and O–H groups in total. The first-order valence-corrected chi connectivity index (χ1v) is 20.3. The second-order valence-electron chi connectivity index (χ2n) is 17.9. The van der Waals surface area contributed by atoms with Gasteiger partial charge in [0.2, 0.25) is 0 Å². The van der Waals surface area contributed by atoms with Gasteiger partial charge in [-0.2, -0.15) is 0 Å². The average Bonchev–Trinajstić information content (AvgIpc) is 3.59. The molecule has 0 heterocycles. The fourth-order valence-corrected chi connectivity index (χ4v) is 13.3. The predicted molar refractivity (Wildman–Crippen MR) is 195 cm³/mol. The number of terminal acetylenes is 1. The second kappa shape index (κ2) is 12.8. The summed E-state index contributed by atoms with van der Waals surface area (Å²) >= 11 is 0. The molecule has 0 unspecified atom stereocenters. The van der Waals surface area contributed by atoms with E-state index in [1.807, 2.05) is 12.1 Å². The molecule has 0 amide bonds. The number of ether oxygens (including phenoxy) is 2. The Hall–Kier alpha value is -2.67. The van der Waals surface area contributed by atoms with E-state index in [1.54, 1.807) is 0 Å². The van der Waals surface area contributed by atoms with Crippen LogP contribution in [-0.4, -0.2) is 22.8 Å². The van der Waals surface area contributed by atoms with Crippen molar-refractivity contribution in [1.29, 1.82) is 0 Å². The number of allylic oxidation sites excluding steroid dienone is 4. The lowest BCUT2D eigenvalue weighted by Gasteiger charge is -2.54. The van der Waals surface area contributed by atoms with Crippen LogP contribution in [0.3, 0.4) is 0 Å². The smallest absolute Gasteiger partial charge is 0.307 e. The molecule has 7 aliphatic rings. The van der Waals surface area contributed by atoms with Gasteiger partial charge < -0.3 is 14.6 Å². The fraction of sp³-hybridized carbons (Fsp3) is 0.711. The number of aryl methyl sites for hydroxylation is 1. The van der Waals surface area contributed by atoms with Gasteiger partial charge in [0.25, 0.3) is 0 Å². The highest BCUT2D eigenvalue weighted by Crippen LogP contribution is 2.66. The number of aromatic hydroxyl groups is 1. The van der Waals surface area contributed by atoms with Crippen LogP contribution in [0.4, 0.5) is 0 Å². The fourth-order valence-electron chi connectivity index (χ4n) is 13.3. The number of fused-ring (bicyclic) bond motifs is 10. The maximum atomic E-state index is 13.0. The molecule has 4 saturated carbocycles. The Kier molecular flexibility index (Phi) is 8.76. The van der Waals surface area contributed by atoms with E-state index in [4.69, 9.17) is 15.9 Å². The molecule has 0 bridgehead atoms. The third-order valence-corrected chi connectivity index (χ3v) is 15.9. The first-order chi connectivity index (χ1) is 23.7. The van der Waals surface area contributed by atoms with Crippen molar-refractivity contribution in [1.82, 2.24) is 0 Å². The van der Waals surface area contributed by atoms with E-state index >= 15 is 0 Å². The van der Waals surface area contributed by atoms with Crippen LogP contribution in [0.2, 0.25) is 0 Å². The maximum Gasteiger partial charge on any atom is 0.307 e. The third kappa shape index (κ3) is 5.42. The van der Waals surface area contributed by atoms with E-state index in [1.165, 1.54) is 80.2 Å². The van der Waals surface area contributed by atoms with Crippen LogP contribution >= 0.6 is 0 Å². The Labute approximate surface area is 295 Å². The van der Waals surface area contributed by atoms with Crippen LogP contribution in [0.15, 0.2) is 41.7 Å². The van der Waals surface area contributed by atoms with Crippen LogP contribution in [0.5, 0.6) is 5.75 Å². The lowest BCUT2D eigenvalue weighted by atomic mass is 9.51. The summed E-state index contributed by atoms with van der Waals surface area (Å²) in [5, 5.41) is 10.1. The number of phenolic OH excluding ortho intramolecular Hbond substituents is 1. The highest BCUT2D eigenvalue weighted by Gasteiger charge is 2.64. The van der Waals surface area contributed by atoms with Gasteiger partial charge in [0.05, 0.1) is 5.76 Å². The molecule has 0 radical (unpaired) electrons. The summed E-state index contributed by atoms with van der Waals surface area (Å²) in [5.74, 6) is 9.19. The van der Waals surface area contributed by atoms with Crippen molar-refractivity contribution in [2.45, 2.75) is 154 Å². The lowest BCUT2D eigenvalue weighted by Crippen LogP contribution is -2.53. The highest BCUT2D eigenvalue weighted by atomic mass is 16.6. The average molecular weight is 665 g/mol. The summed E-state index contributed by atoms with van der Waals surface area (Å²) in [4.78, 5) is 13.0. The number of carbonyl (C=O) groups excluding carboxylic acids is 1. The Balaban J connectivity index is 0.934. The number of esters is 1. The quantitative estimate of drug-likeness (QED) is 0.171. The van der Waals surface area contributed by atoms with Crippen molar-refractivity contribution in [2.75, 3.05) is 0 Å². The SMILES string of the molecule is C#C[C@]1(OC(=O)CCCCCC)CC[C@H]2[C@@H]3CC=C4C=C(O[C@H]5CC[C@H]6[C@@H]7CCc8cc(O)ccc8[C@H]7CC[C@]56C)CC[C@@H]4[C@H]3CC[C@@]21C. The van der Waals surface area contributed by atoms with Crippen LogP contribution in [-0.2, 0) is 20.7 Å². The van der Waals surface area contributed by atoms with Gasteiger partial charge >= 0.3 is 5.97 Å².